The third-order valence-corrected chi connectivity index (χ3v) is 4.48. The van der Waals surface area contributed by atoms with Crippen LogP contribution in [0.4, 0.5) is 0 Å². The lowest BCUT2D eigenvalue weighted by atomic mass is 10.0. The molecule has 25 heavy (non-hydrogen) atoms. The van der Waals surface area contributed by atoms with Crippen LogP contribution in [-0.2, 0) is 14.3 Å². The molecule has 2 rings (SSSR count). The van der Waals surface area contributed by atoms with E-state index in [-0.39, 0.29) is 18.9 Å². The molecule has 132 valence electrons. The molecule has 0 saturated carbocycles. The van der Waals surface area contributed by atoms with Crippen LogP contribution in [0.25, 0.3) is 0 Å². The molecule has 0 aliphatic rings. The van der Waals surface area contributed by atoms with E-state index in [0.717, 1.165) is 0 Å². The highest BCUT2D eigenvalue weighted by atomic mass is 35.5. The highest BCUT2D eigenvalue weighted by Crippen LogP contribution is 2.20. The van der Waals surface area contributed by atoms with Crippen LogP contribution in [0.15, 0.2) is 41.8 Å². The van der Waals surface area contributed by atoms with Gasteiger partial charge in [-0.1, -0.05) is 29.8 Å². The van der Waals surface area contributed by atoms with Gasteiger partial charge < -0.3 is 15.4 Å². The Labute approximate surface area is 154 Å². The van der Waals surface area contributed by atoms with Crippen molar-refractivity contribution in [2.75, 3.05) is 13.7 Å². The smallest absolute Gasteiger partial charge is 0.307 e. The van der Waals surface area contributed by atoms with Crippen molar-refractivity contribution in [3.63, 3.8) is 0 Å². The third-order valence-electron chi connectivity index (χ3n) is 3.36. The van der Waals surface area contributed by atoms with Gasteiger partial charge in [0.25, 0.3) is 5.91 Å². The number of esters is 1. The Morgan fingerprint density at radius 3 is 2.52 bits per heavy atom. The molecule has 0 radical (unpaired) electrons. The Bertz CT molecular complexity index is 732. The molecule has 0 bridgehead atoms. The number of amides is 2. The predicted molar refractivity (Wildman–Crippen MR) is 95.6 cm³/mol. The van der Waals surface area contributed by atoms with Crippen LogP contribution in [0.2, 0.25) is 5.02 Å². The van der Waals surface area contributed by atoms with Crippen LogP contribution in [-0.4, -0.2) is 31.4 Å². The van der Waals surface area contributed by atoms with E-state index in [9.17, 15) is 14.4 Å². The maximum Gasteiger partial charge on any atom is 0.307 e. The van der Waals surface area contributed by atoms with Gasteiger partial charge in [0.05, 0.1) is 31.0 Å². The van der Waals surface area contributed by atoms with Crippen LogP contribution >= 0.6 is 22.9 Å². The Balaban J connectivity index is 1.97. The molecule has 0 saturated heterocycles. The van der Waals surface area contributed by atoms with Crippen molar-refractivity contribution >= 4 is 40.7 Å². The second kappa shape index (κ2) is 9.19. The molecule has 0 spiro atoms. The standard InChI is InChI=1S/C17H17ClN2O4S/c1-24-16(22)9-13(11-4-6-12(18)7-5-11)20-15(21)10-19-17(23)14-3-2-8-25-14/h2-8,13H,9-10H2,1H3,(H,19,23)(H,20,21). The number of rotatable bonds is 7. The van der Waals surface area contributed by atoms with Crippen LogP contribution < -0.4 is 10.6 Å². The Kier molecular flexibility index (Phi) is 6.97. The maximum atomic E-state index is 12.1. The number of nitrogens with one attached hydrogen (secondary N) is 2. The number of halogens is 1. The van der Waals surface area contributed by atoms with Crippen LogP contribution in [0.1, 0.15) is 27.7 Å². The summed E-state index contributed by atoms with van der Waals surface area (Å²) in [6, 6.07) is 9.65. The minimum atomic E-state index is -0.573. The minimum Gasteiger partial charge on any atom is -0.469 e. The number of carbonyl (C=O) groups excluding carboxylic acids is 3. The van der Waals surface area contributed by atoms with Gasteiger partial charge in [0.1, 0.15) is 0 Å². The van der Waals surface area contributed by atoms with E-state index in [2.05, 4.69) is 15.4 Å². The summed E-state index contributed by atoms with van der Waals surface area (Å²) >= 11 is 7.15. The summed E-state index contributed by atoms with van der Waals surface area (Å²) in [6.07, 6.45) is -0.0251. The van der Waals surface area contributed by atoms with Crippen LogP contribution in [0, 0.1) is 0 Å². The molecule has 6 nitrogen and oxygen atoms in total. The van der Waals surface area contributed by atoms with Crippen molar-refractivity contribution in [3.8, 4) is 0 Å². The average molecular weight is 381 g/mol. The highest BCUT2D eigenvalue weighted by molar-refractivity contribution is 7.12. The molecule has 0 aliphatic carbocycles. The summed E-state index contributed by atoms with van der Waals surface area (Å²) < 4.78 is 4.67. The SMILES string of the molecule is COC(=O)CC(NC(=O)CNC(=O)c1cccs1)c1ccc(Cl)cc1. The lowest BCUT2D eigenvalue weighted by Crippen LogP contribution is -2.39. The largest absolute Gasteiger partial charge is 0.469 e. The Morgan fingerprint density at radius 1 is 1.20 bits per heavy atom. The van der Waals surface area contributed by atoms with E-state index >= 15 is 0 Å². The number of hydrogen-bond acceptors (Lipinski definition) is 5. The summed E-state index contributed by atoms with van der Waals surface area (Å²) in [5.41, 5.74) is 0.715. The average Bonchev–Trinajstić information content (AvgIpc) is 3.14. The number of thiophene rings is 1. The number of methoxy groups -OCH3 is 1. The van der Waals surface area contributed by atoms with Crippen LogP contribution in [0.5, 0.6) is 0 Å². The highest BCUT2D eigenvalue weighted by Gasteiger charge is 2.19. The van der Waals surface area contributed by atoms with Crippen molar-refractivity contribution in [2.24, 2.45) is 0 Å². The summed E-state index contributed by atoms with van der Waals surface area (Å²) in [5.74, 6) is -1.18. The molecular formula is C17H17ClN2O4S. The number of hydrogen-bond donors (Lipinski definition) is 2. The fourth-order valence-corrected chi connectivity index (χ4v) is 2.86. The summed E-state index contributed by atoms with van der Waals surface area (Å²) in [6.45, 7) is -0.192. The van der Waals surface area contributed by atoms with E-state index in [1.54, 1.807) is 41.8 Å². The van der Waals surface area contributed by atoms with Gasteiger partial charge in [0, 0.05) is 5.02 Å². The van der Waals surface area contributed by atoms with Gasteiger partial charge in [0.15, 0.2) is 0 Å². The summed E-state index contributed by atoms with van der Waals surface area (Å²) in [7, 11) is 1.28. The molecule has 0 fully saturated rings. The van der Waals surface area contributed by atoms with Gasteiger partial charge >= 0.3 is 5.97 Å². The fourth-order valence-electron chi connectivity index (χ4n) is 2.10. The van der Waals surface area contributed by atoms with Gasteiger partial charge in [-0.2, -0.15) is 0 Å². The molecule has 0 aliphatic heterocycles. The zero-order valence-electron chi connectivity index (χ0n) is 13.5. The van der Waals surface area contributed by atoms with E-state index in [4.69, 9.17) is 11.6 Å². The quantitative estimate of drug-likeness (QED) is 0.723. The molecule has 1 aromatic carbocycles. The lowest BCUT2D eigenvalue weighted by Gasteiger charge is -2.18. The van der Waals surface area contributed by atoms with Crippen molar-refractivity contribution in [2.45, 2.75) is 12.5 Å². The van der Waals surface area contributed by atoms with Crippen molar-refractivity contribution in [1.82, 2.24) is 10.6 Å². The predicted octanol–water partition coefficient (Wildman–Crippen LogP) is 2.55. The van der Waals surface area contributed by atoms with Gasteiger partial charge in [-0.15, -0.1) is 11.3 Å². The minimum absolute atomic E-state index is 0.0251. The topological polar surface area (TPSA) is 84.5 Å². The van der Waals surface area contributed by atoms with E-state index < -0.39 is 17.9 Å². The molecule has 1 heterocycles. The monoisotopic (exact) mass is 380 g/mol. The van der Waals surface area contributed by atoms with Gasteiger partial charge in [-0.05, 0) is 29.1 Å². The molecule has 1 aromatic heterocycles. The number of ether oxygens (including phenoxy) is 1. The first-order chi connectivity index (χ1) is 12.0. The van der Waals surface area contributed by atoms with Gasteiger partial charge in [0.2, 0.25) is 5.91 Å². The number of carbonyl (C=O) groups is 3. The summed E-state index contributed by atoms with van der Waals surface area (Å²) in [4.78, 5) is 36.1. The molecule has 8 heteroatoms. The lowest BCUT2D eigenvalue weighted by molar-refractivity contribution is -0.141. The van der Waals surface area contributed by atoms with Crippen molar-refractivity contribution in [1.29, 1.82) is 0 Å². The first kappa shape index (κ1) is 19.0. The van der Waals surface area contributed by atoms with E-state index in [0.29, 0.717) is 15.5 Å². The zero-order valence-corrected chi connectivity index (χ0v) is 15.0. The molecule has 2 N–H and O–H groups in total. The normalized spacial score (nSPS) is 11.4. The molecule has 1 atom stereocenters. The van der Waals surface area contributed by atoms with Gasteiger partial charge in [-0.3, -0.25) is 14.4 Å². The van der Waals surface area contributed by atoms with E-state index in [1.165, 1.54) is 18.4 Å². The second-order valence-electron chi connectivity index (χ2n) is 5.11. The second-order valence-corrected chi connectivity index (χ2v) is 6.50. The maximum absolute atomic E-state index is 12.1. The third kappa shape index (κ3) is 5.88. The zero-order chi connectivity index (χ0) is 18.2. The fraction of sp³-hybridized carbons (Fsp3) is 0.235. The first-order valence-electron chi connectivity index (χ1n) is 7.43. The van der Waals surface area contributed by atoms with Crippen molar-refractivity contribution in [3.05, 3.63) is 57.2 Å². The van der Waals surface area contributed by atoms with Crippen LogP contribution in [0.3, 0.4) is 0 Å². The Hall–Kier alpha value is -2.38. The molecule has 2 aromatic rings. The molecule has 2 amide bonds. The van der Waals surface area contributed by atoms with E-state index in [1.807, 2.05) is 0 Å². The first-order valence-corrected chi connectivity index (χ1v) is 8.68. The van der Waals surface area contributed by atoms with Gasteiger partial charge in [-0.25, -0.2) is 0 Å². The Morgan fingerprint density at radius 2 is 1.92 bits per heavy atom. The molecule has 1 unspecified atom stereocenters. The van der Waals surface area contributed by atoms with Crippen molar-refractivity contribution < 1.29 is 19.1 Å². The molecular weight excluding hydrogens is 364 g/mol. The number of benzene rings is 1. The summed E-state index contributed by atoms with van der Waals surface area (Å²) in [5, 5.41) is 7.60.